The van der Waals surface area contributed by atoms with Gasteiger partial charge in [0, 0.05) is 88.1 Å². The molecule has 1 amide bonds. The molecule has 4 aromatic rings. The molecule has 1 fully saturated rings. The van der Waals surface area contributed by atoms with Crippen molar-refractivity contribution in [2.45, 2.75) is 77.4 Å². The molecular formula is C39H45Cl2N7O4. The minimum Gasteiger partial charge on any atom is -0.481 e. The second-order valence-electron chi connectivity index (χ2n) is 14.7. The molecule has 11 nitrogen and oxygen atoms in total. The smallest absolute Gasteiger partial charge is 0.309 e. The predicted octanol–water partition coefficient (Wildman–Crippen LogP) is 6.57. The van der Waals surface area contributed by atoms with Gasteiger partial charge in [-0.3, -0.25) is 19.3 Å². The third kappa shape index (κ3) is 6.57. The number of carbonyl (C=O) groups is 3. The molecule has 2 aliphatic heterocycles. The van der Waals surface area contributed by atoms with Gasteiger partial charge >= 0.3 is 5.97 Å². The molecule has 2 aromatic heterocycles. The van der Waals surface area contributed by atoms with Crippen molar-refractivity contribution in [3.63, 3.8) is 0 Å². The fraction of sp³-hybridized carbons (Fsp3) is 0.462. The van der Waals surface area contributed by atoms with Crippen molar-refractivity contribution >= 4 is 46.5 Å². The van der Waals surface area contributed by atoms with Crippen molar-refractivity contribution in [2.24, 2.45) is 19.5 Å². The number of benzene rings is 2. The Labute approximate surface area is 313 Å². The zero-order valence-corrected chi connectivity index (χ0v) is 31.6. The number of nitrogens with zero attached hydrogens (tertiary/aromatic N) is 6. The summed E-state index contributed by atoms with van der Waals surface area (Å²) in [5.41, 5.74) is 5.71. The number of likely N-dealkylation sites (N-methyl/N-ethyl adjacent to an activating group) is 1. The molecule has 2 aromatic carbocycles. The lowest BCUT2D eigenvalue weighted by Gasteiger charge is -2.42. The van der Waals surface area contributed by atoms with Crippen molar-refractivity contribution in [3.8, 4) is 11.1 Å². The van der Waals surface area contributed by atoms with Gasteiger partial charge < -0.3 is 24.5 Å². The fourth-order valence-electron chi connectivity index (χ4n) is 8.40. The Morgan fingerprint density at radius 3 is 2.17 bits per heavy atom. The van der Waals surface area contributed by atoms with Crippen LogP contribution in [0.1, 0.15) is 88.6 Å². The largest absolute Gasteiger partial charge is 0.481 e. The summed E-state index contributed by atoms with van der Waals surface area (Å²) in [6.07, 6.45) is 5.40. The number of Topliss-reactive ketones (excluding diaryl/α,β-unsaturated/α-hetero) is 1. The number of nitrogens with one attached hydrogen (secondary N) is 1. The van der Waals surface area contributed by atoms with E-state index in [0.29, 0.717) is 75.9 Å². The van der Waals surface area contributed by atoms with Crippen LogP contribution in [0.5, 0.6) is 0 Å². The first-order chi connectivity index (χ1) is 24.9. The third-order valence-electron chi connectivity index (χ3n) is 11.7. The standard InChI is InChI=1S/C39H45Cl2N7O4/c1-5-39(38(51)52)16-12-24(13-17-39)48-19-15-31-29(22-48)43-36(47(31)4)37(50)44-27-11-7-10-26(34(27)41)25-9-6-8-23(33(25)40)20-32(49)35-42-28-21-45(2)18-14-30(28)46(35)3/h6-11,24H,5,12-22H2,1-4H3,(H,44,50)(H,51,52). The summed E-state index contributed by atoms with van der Waals surface area (Å²) in [6, 6.07) is 11.2. The second kappa shape index (κ2) is 14.4. The monoisotopic (exact) mass is 745 g/mol. The van der Waals surface area contributed by atoms with Gasteiger partial charge in [0.2, 0.25) is 5.78 Å². The van der Waals surface area contributed by atoms with Gasteiger partial charge in [-0.1, -0.05) is 60.5 Å². The van der Waals surface area contributed by atoms with E-state index in [9.17, 15) is 19.5 Å². The van der Waals surface area contributed by atoms with Crippen LogP contribution in [0.3, 0.4) is 0 Å². The first kappa shape index (κ1) is 36.3. The maximum Gasteiger partial charge on any atom is 0.309 e. The van der Waals surface area contributed by atoms with Gasteiger partial charge in [0.1, 0.15) is 0 Å². The molecule has 4 heterocycles. The minimum absolute atomic E-state index is 0.0874. The van der Waals surface area contributed by atoms with E-state index in [-0.39, 0.29) is 18.1 Å². The highest BCUT2D eigenvalue weighted by molar-refractivity contribution is 6.39. The van der Waals surface area contributed by atoms with E-state index in [1.165, 1.54) is 0 Å². The SMILES string of the molecule is CCC1(C(=O)O)CCC(N2CCc3c(nc(C(=O)Nc4cccc(-c5cccc(CC(=O)c6nc7c(n6C)CCN(C)C7)c5Cl)c4Cl)n3C)C2)CC1. The van der Waals surface area contributed by atoms with Gasteiger partial charge in [-0.15, -0.1) is 0 Å². The van der Waals surface area contributed by atoms with Crippen molar-refractivity contribution < 1.29 is 19.5 Å². The van der Waals surface area contributed by atoms with E-state index in [4.69, 9.17) is 33.2 Å². The first-order valence-electron chi connectivity index (χ1n) is 18.1. The second-order valence-corrected chi connectivity index (χ2v) is 15.4. The van der Waals surface area contributed by atoms with Crippen molar-refractivity contribution in [2.75, 3.05) is 25.5 Å². The van der Waals surface area contributed by atoms with Crippen LogP contribution >= 0.6 is 23.2 Å². The number of anilines is 1. The van der Waals surface area contributed by atoms with Gasteiger partial charge in [0.15, 0.2) is 11.6 Å². The van der Waals surface area contributed by atoms with Gasteiger partial charge in [-0.05, 0) is 50.8 Å². The summed E-state index contributed by atoms with van der Waals surface area (Å²) in [4.78, 5) is 53.2. The molecule has 0 spiro atoms. The molecular weight excluding hydrogens is 701 g/mol. The first-order valence-corrected chi connectivity index (χ1v) is 18.8. The number of halogens is 2. The lowest BCUT2D eigenvalue weighted by Crippen LogP contribution is -2.45. The van der Waals surface area contributed by atoms with E-state index in [1.54, 1.807) is 6.07 Å². The topological polar surface area (TPSA) is 126 Å². The van der Waals surface area contributed by atoms with Gasteiger partial charge in [0.05, 0.1) is 32.5 Å². The summed E-state index contributed by atoms with van der Waals surface area (Å²) in [7, 11) is 5.81. The average Bonchev–Trinajstić information content (AvgIpc) is 3.65. The number of carboxylic acids is 1. The number of hydrogen-bond acceptors (Lipinski definition) is 7. The number of fused-ring (bicyclic) bond motifs is 2. The maximum absolute atomic E-state index is 13.7. The zero-order chi connectivity index (χ0) is 36.9. The Kier molecular flexibility index (Phi) is 10.1. The Morgan fingerprint density at radius 1 is 0.865 bits per heavy atom. The van der Waals surface area contributed by atoms with Gasteiger partial charge in [0.25, 0.3) is 5.91 Å². The highest BCUT2D eigenvalue weighted by Gasteiger charge is 2.42. The van der Waals surface area contributed by atoms with Crippen LogP contribution < -0.4 is 5.32 Å². The van der Waals surface area contributed by atoms with Gasteiger partial charge in [-0.25, -0.2) is 9.97 Å². The Morgan fingerprint density at radius 2 is 1.48 bits per heavy atom. The molecule has 7 rings (SSSR count). The van der Waals surface area contributed by atoms with Gasteiger partial charge in [-0.2, -0.15) is 0 Å². The highest BCUT2D eigenvalue weighted by Crippen LogP contribution is 2.42. The molecule has 0 unspecified atom stereocenters. The summed E-state index contributed by atoms with van der Waals surface area (Å²) in [6.45, 7) is 5.08. The van der Waals surface area contributed by atoms with Crippen LogP contribution in [0, 0.1) is 5.41 Å². The number of imidazole rings is 2. The van der Waals surface area contributed by atoms with E-state index < -0.39 is 11.4 Å². The Balaban J connectivity index is 1.06. The van der Waals surface area contributed by atoms with E-state index in [2.05, 4.69) is 22.2 Å². The molecule has 2 N–H and O–H groups in total. The quantitative estimate of drug-likeness (QED) is 0.184. The third-order valence-corrected chi connectivity index (χ3v) is 12.6. The maximum atomic E-state index is 13.7. The van der Waals surface area contributed by atoms with Crippen molar-refractivity contribution in [3.05, 3.63) is 86.4 Å². The van der Waals surface area contributed by atoms with Crippen LogP contribution in [0.2, 0.25) is 10.0 Å². The summed E-state index contributed by atoms with van der Waals surface area (Å²) in [5.74, 6) is -0.433. The number of hydrogen-bond donors (Lipinski definition) is 2. The number of carbonyl (C=O) groups excluding carboxylic acids is 2. The Hall–Kier alpha value is -4.03. The lowest BCUT2D eigenvalue weighted by molar-refractivity contribution is -0.152. The molecule has 0 bridgehead atoms. The summed E-state index contributed by atoms with van der Waals surface area (Å²) < 4.78 is 3.77. The highest BCUT2D eigenvalue weighted by atomic mass is 35.5. The Bertz CT molecular complexity index is 2060. The van der Waals surface area contributed by atoms with E-state index in [0.717, 1.165) is 68.1 Å². The van der Waals surface area contributed by atoms with E-state index in [1.807, 2.05) is 60.5 Å². The lowest BCUT2D eigenvalue weighted by atomic mass is 9.70. The molecule has 13 heteroatoms. The number of carboxylic acid groups (broad SMARTS) is 1. The van der Waals surface area contributed by atoms with Crippen LogP contribution in [-0.4, -0.2) is 77.8 Å². The van der Waals surface area contributed by atoms with Crippen LogP contribution in [-0.2, 0) is 51.2 Å². The average molecular weight is 747 g/mol. The number of aliphatic carboxylic acids is 1. The molecule has 0 atom stereocenters. The predicted molar refractivity (Wildman–Crippen MR) is 201 cm³/mol. The summed E-state index contributed by atoms with van der Waals surface area (Å²) in [5, 5.41) is 13.5. The van der Waals surface area contributed by atoms with Crippen LogP contribution in [0.15, 0.2) is 36.4 Å². The van der Waals surface area contributed by atoms with E-state index >= 15 is 0 Å². The fourth-order valence-corrected chi connectivity index (χ4v) is 8.97. The van der Waals surface area contributed by atoms with Crippen LogP contribution in [0.25, 0.3) is 11.1 Å². The normalized spacial score (nSPS) is 20.7. The molecule has 274 valence electrons. The minimum atomic E-state index is -0.684. The van der Waals surface area contributed by atoms with Crippen molar-refractivity contribution in [1.82, 2.24) is 28.9 Å². The number of rotatable bonds is 9. The molecule has 0 saturated heterocycles. The number of amides is 1. The molecule has 1 saturated carbocycles. The number of ketones is 1. The van der Waals surface area contributed by atoms with Crippen molar-refractivity contribution in [1.29, 1.82) is 0 Å². The van der Waals surface area contributed by atoms with Crippen LogP contribution in [0.4, 0.5) is 5.69 Å². The number of aromatic nitrogens is 4. The molecule has 0 radical (unpaired) electrons. The molecule has 52 heavy (non-hydrogen) atoms. The molecule has 1 aliphatic carbocycles. The zero-order valence-electron chi connectivity index (χ0n) is 30.1. The summed E-state index contributed by atoms with van der Waals surface area (Å²) >= 11 is 13.9. The molecule has 3 aliphatic rings.